The Balaban J connectivity index is 0.000000171. The normalized spacial score (nSPS) is 10.0. The molecule has 0 aliphatic rings. The molecular weight excluding hydrogens is 649 g/mol. The molecule has 0 nitrogen and oxygen atoms in total. The van der Waals surface area contributed by atoms with Crippen molar-refractivity contribution in [3.8, 4) is 0 Å². The zero-order valence-corrected chi connectivity index (χ0v) is 29.0. The van der Waals surface area contributed by atoms with Gasteiger partial charge in [0.15, 0.2) is 0 Å². The Morgan fingerprint density at radius 2 is 0.447 bits per heavy atom. The molecule has 0 aliphatic heterocycles. The summed E-state index contributed by atoms with van der Waals surface area (Å²) in [6, 6.07) is 74.7. The Hall–Kier alpha value is -4.37. The van der Waals surface area contributed by atoms with E-state index in [0.717, 1.165) is 0 Å². The molecule has 0 N–H and O–H groups in total. The summed E-state index contributed by atoms with van der Waals surface area (Å²) in [6.07, 6.45) is 1.83. The summed E-state index contributed by atoms with van der Waals surface area (Å²) >= 11 is 0. The van der Waals surface area contributed by atoms with E-state index in [1.807, 2.05) is 36.4 Å². The molecule has 0 atom stereocenters. The average molecular weight is 687 g/mol. The van der Waals surface area contributed by atoms with E-state index >= 15 is 0 Å². The van der Waals surface area contributed by atoms with Crippen LogP contribution in [0.4, 0.5) is 0 Å². The quantitative estimate of drug-likeness (QED) is 0.116. The van der Waals surface area contributed by atoms with Crippen molar-refractivity contribution in [2.24, 2.45) is 0 Å². The monoisotopic (exact) mass is 686 g/mol. The number of hydrogen-bond acceptors (Lipinski definition) is 0. The molecule has 0 aromatic heterocycles. The van der Waals surface area contributed by atoms with Gasteiger partial charge in [-0.3, -0.25) is 0 Å². The van der Waals surface area contributed by atoms with Crippen LogP contribution in [-0.2, 0) is 16.5 Å². The summed E-state index contributed by atoms with van der Waals surface area (Å²) in [7, 11) is -0.892. The van der Waals surface area contributed by atoms with Gasteiger partial charge in [-0.25, -0.2) is 0 Å². The maximum absolute atomic E-state index is 3.63. The first-order chi connectivity index (χ1) is 22.8. The molecule has 0 saturated heterocycles. The average Bonchev–Trinajstić information content (AvgIpc) is 3.15. The Morgan fingerprint density at radius 1 is 0.277 bits per heavy atom. The van der Waals surface area contributed by atoms with E-state index in [9.17, 15) is 0 Å². The molecule has 7 aromatic carbocycles. The van der Waals surface area contributed by atoms with Gasteiger partial charge in [-0.1, -0.05) is 225 Å². The van der Waals surface area contributed by atoms with E-state index in [-0.39, 0.29) is 16.5 Å². The second-order valence-electron chi connectivity index (χ2n) is 10.3. The van der Waals surface area contributed by atoms with Crippen LogP contribution in [0, 0.1) is 0 Å². The zero-order valence-electron chi connectivity index (χ0n) is 26.2. The first-order valence-corrected chi connectivity index (χ1v) is 18.1. The molecule has 0 aliphatic carbocycles. The van der Waals surface area contributed by atoms with Gasteiger partial charge in [0.05, 0.1) is 0 Å². The van der Waals surface area contributed by atoms with Gasteiger partial charge in [0.1, 0.15) is 0 Å². The molecule has 7 aromatic rings. The molecule has 0 fully saturated rings. The molecule has 0 spiro atoms. The summed E-state index contributed by atoms with van der Waals surface area (Å²) in [4.78, 5) is 0. The van der Waals surface area contributed by atoms with E-state index in [1.54, 1.807) is 0 Å². The van der Waals surface area contributed by atoms with Gasteiger partial charge in [-0.2, -0.15) is 0 Å². The second kappa shape index (κ2) is 20.0. The van der Waals surface area contributed by atoms with Crippen molar-refractivity contribution in [2.45, 2.75) is 0 Å². The Bertz CT molecular complexity index is 1510. The summed E-state index contributed by atoms with van der Waals surface area (Å²) in [6.45, 7) is 3.63. The third kappa shape index (κ3) is 10.9. The van der Waals surface area contributed by atoms with Gasteiger partial charge in [-0.05, 0) is 53.2 Å². The predicted octanol–water partition coefficient (Wildman–Crippen LogP) is 9.22. The van der Waals surface area contributed by atoms with Crippen molar-refractivity contribution in [2.75, 3.05) is 0 Å². The molecule has 3 heteroatoms. The molecule has 0 radical (unpaired) electrons. The van der Waals surface area contributed by atoms with E-state index in [1.165, 1.54) is 37.4 Å². The van der Waals surface area contributed by atoms with Crippen LogP contribution in [0.5, 0.6) is 0 Å². The second-order valence-corrected chi connectivity index (χ2v) is 14.7. The van der Waals surface area contributed by atoms with Gasteiger partial charge in [0, 0.05) is 16.5 Å². The van der Waals surface area contributed by atoms with Crippen molar-refractivity contribution in [1.29, 1.82) is 0 Å². The van der Waals surface area contributed by atoms with Crippen LogP contribution < -0.4 is 31.8 Å². The fourth-order valence-electron chi connectivity index (χ4n) is 4.95. The van der Waals surface area contributed by atoms with E-state index < -0.39 is 15.8 Å². The van der Waals surface area contributed by atoms with Crippen molar-refractivity contribution in [1.82, 2.24) is 0 Å². The van der Waals surface area contributed by atoms with Crippen LogP contribution in [0.1, 0.15) is 5.56 Å². The molecule has 0 unspecified atom stereocenters. The van der Waals surface area contributed by atoms with E-state index in [0.29, 0.717) is 0 Å². The fourth-order valence-corrected chi connectivity index (χ4v) is 9.56. The topological polar surface area (TPSA) is 0 Å². The van der Waals surface area contributed by atoms with Crippen LogP contribution >= 0.6 is 15.8 Å². The maximum atomic E-state index is 3.63. The Kier molecular flexibility index (Phi) is 15.1. The van der Waals surface area contributed by atoms with Crippen molar-refractivity contribution < 1.29 is 16.5 Å². The van der Waals surface area contributed by atoms with Crippen LogP contribution in [0.25, 0.3) is 6.08 Å². The minimum atomic E-state index is -0.446. The Morgan fingerprint density at radius 3 is 0.596 bits per heavy atom. The van der Waals surface area contributed by atoms with Gasteiger partial charge in [0.25, 0.3) is 0 Å². The summed E-state index contributed by atoms with van der Waals surface area (Å²) in [5.41, 5.74) is 1.17. The molecule has 0 saturated carbocycles. The van der Waals surface area contributed by atoms with Gasteiger partial charge < -0.3 is 0 Å². The number of hydrogen-bond donors (Lipinski definition) is 0. The minimum Gasteiger partial charge on any atom is -0.0985 e. The number of rotatable bonds is 7. The molecule has 0 bridgehead atoms. The first kappa shape index (κ1) is 35.5. The third-order valence-electron chi connectivity index (χ3n) is 7.12. The van der Waals surface area contributed by atoms with Crippen LogP contribution in [-0.4, -0.2) is 0 Å². The van der Waals surface area contributed by atoms with Crippen LogP contribution in [0.2, 0.25) is 0 Å². The standard InChI is InChI=1S/2C18H15P.C8H8.Ni/c2*1-4-10-16(11-5-1)19(17-12-6-2-7-13-17)18-14-8-3-9-15-18;1-2-8-6-4-3-5-7-8;/h2*1-15H;2-7H,1H2;. The molecule has 0 amide bonds. The SMILES string of the molecule is C=Cc1ccccc1.[Ni].c1ccc(P(c2ccccc2)c2ccccc2)cc1.c1ccc(P(c2ccccc2)c2ccccc2)cc1. The van der Waals surface area contributed by atoms with Gasteiger partial charge in [0.2, 0.25) is 0 Å². The maximum Gasteiger partial charge on any atom is 0 e. The van der Waals surface area contributed by atoms with Gasteiger partial charge >= 0.3 is 0 Å². The molecule has 0 heterocycles. The van der Waals surface area contributed by atoms with Gasteiger partial charge in [-0.15, -0.1) is 0 Å². The van der Waals surface area contributed by atoms with Crippen molar-refractivity contribution in [3.63, 3.8) is 0 Å². The first-order valence-electron chi connectivity index (χ1n) is 15.4. The molecular formula is C44H38NiP2. The van der Waals surface area contributed by atoms with E-state index in [4.69, 9.17) is 0 Å². The summed E-state index contributed by atoms with van der Waals surface area (Å²) in [5, 5.41) is 8.39. The largest absolute Gasteiger partial charge is 0.0985 e. The smallest absolute Gasteiger partial charge is 0 e. The zero-order chi connectivity index (χ0) is 31.7. The Labute approximate surface area is 293 Å². The van der Waals surface area contributed by atoms with E-state index in [2.05, 4.69) is 189 Å². The molecule has 234 valence electrons. The van der Waals surface area contributed by atoms with Crippen molar-refractivity contribution in [3.05, 3.63) is 224 Å². The summed E-state index contributed by atoms with van der Waals surface area (Å²) in [5.74, 6) is 0. The molecule has 7 rings (SSSR count). The fraction of sp³-hybridized carbons (Fsp3) is 0. The summed E-state index contributed by atoms with van der Waals surface area (Å²) < 4.78 is 0. The van der Waals surface area contributed by atoms with Crippen molar-refractivity contribution >= 4 is 53.7 Å². The molecule has 47 heavy (non-hydrogen) atoms. The van der Waals surface area contributed by atoms with Crippen LogP contribution in [0.15, 0.2) is 219 Å². The third-order valence-corrected chi connectivity index (χ3v) is 12.0. The van der Waals surface area contributed by atoms with Crippen LogP contribution in [0.3, 0.4) is 0 Å². The minimum absolute atomic E-state index is 0. The predicted molar refractivity (Wildman–Crippen MR) is 207 cm³/mol. The number of benzene rings is 7.